The molecule has 1 aliphatic heterocycles. The van der Waals surface area contributed by atoms with Crippen molar-refractivity contribution in [3.05, 3.63) is 168 Å². The van der Waals surface area contributed by atoms with Gasteiger partial charge in [0.25, 0.3) is 9.05 Å². The van der Waals surface area contributed by atoms with Crippen LogP contribution in [-0.4, -0.2) is 136 Å². The van der Waals surface area contributed by atoms with Gasteiger partial charge in [0.15, 0.2) is 0 Å². The van der Waals surface area contributed by atoms with Crippen molar-refractivity contribution in [3.63, 3.8) is 0 Å². The molecule has 1 fully saturated rings. The van der Waals surface area contributed by atoms with Gasteiger partial charge in [-0.1, -0.05) is 30.4 Å². The lowest BCUT2D eigenvalue weighted by Crippen LogP contribution is -2.41. The standard InChI is InChI=1S/C17H18N4O3S.C13H19BN2O3.C10H11BrN2O2S.C8H5BrClNO2S.C8H6BrN.C2H7N/c1-11(22)20-17-9-12(6-7-18-17)13-8-14-15(19-10-13)4-5-16(14)25(23,24)21(2)3;1-9(17)16-11-8-10(6-7-15-11)14-18-12(2,3)13(4,5)19-14;1-13(2)16(14,15)10-4-3-9-8(10)5-7(11)6-12-9;9-5-3-6-7(11-4-5)1-2-8(6)14(10,12)13;9-7-4-6-2-1-3-8(6)10-5-7;1-3-2/h5-10H,4H2,1-3H3,(H,18,20,22);6-8H,1-5H3,(H,15,16,17);4-6H,3H2,1-2H3;2-4H,1H2;1-2,4-5H,3H2;3H,1-2H3. The van der Waals surface area contributed by atoms with E-state index in [2.05, 4.69) is 112 Å². The summed E-state index contributed by atoms with van der Waals surface area (Å²) in [6.07, 6.45) is 21.8. The summed E-state index contributed by atoms with van der Waals surface area (Å²) in [6, 6.07) is 14.5. The molecule has 4 aliphatic carbocycles. The minimum atomic E-state index is -3.66. The van der Waals surface area contributed by atoms with Gasteiger partial charge in [-0.3, -0.25) is 29.5 Å². The van der Waals surface area contributed by atoms with Crippen molar-refractivity contribution in [1.82, 2.24) is 43.8 Å². The largest absolute Gasteiger partial charge is 0.495 e. The number of pyridine rings is 6. The van der Waals surface area contributed by atoms with E-state index in [1.165, 1.54) is 61.9 Å². The number of fused-ring (bicyclic) bond motifs is 4. The van der Waals surface area contributed by atoms with Crippen LogP contribution in [0.2, 0.25) is 0 Å². The van der Waals surface area contributed by atoms with Gasteiger partial charge in [-0.25, -0.2) is 43.8 Å². The summed E-state index contributed by atoms with van der Waals surface area (Å²) in [5.41, 5.74) is 8.26. The lowest BCUT2D eigenvalue weighted by atomic mass is 9.80. The van der Waals surface area contributed by atoms with Gasteiger partial charge in [0.05, 0.1) is 48.7 Å². The molecule has 0 bridgehead atoms. The summed E-state index contributed by atoms with van der Waals surface area (Å²) < 4.78 is 88.2. The van der Waals surface area contributed by atoms with Crippen LogP contribution >= 0.6 is 58.5 Å². The molecule has 0 radical (unpaired) electrons. The Labute approximate surface area is 539 Å². The second-order valence-corrected chi connectivity index (χ2v) is 30.5. The first kappa shape index (κ1) is 70.3. The fourth-order valence-corrected chi connectivity index (χ4v) is 13.0. The molecule has 6 aromatic heterocycles. The predicted octanol–water partition coefficient (Wildman–Crippen LogP) is 9.42. The molecule has 2 amide bonds. The van der Waals surface area contributed by atoms with Crippen molar-refractivity contribution < 1.29 is 44.2 Å². The van der Waals surface area contributed by atoms with Gasteiger partial charge in [-0.05, 0) is 155 Å². The zero-order valence-corrected chi connectivity index (χ0v) is 57.7. The molecule has 11 rings (SSSR count). The molecule has 1 saturated heterocycles. The topological polar surface area (TPSA) is 275 Å². The maximum atomic E-state index is 12.5. The molecular formula is C58H66BBr3ClN11O10S3. The average Bonchev–Trinajstić information content (AvgIpc) is 1.91. The van der Waals surface area contributed by atoms with Gasteiger partial charge < -0.3 is 25.3 Å². The molecule has 6 aromatic rings. The quantitative estimate of drug-likeness (QED) is 0.0898. The van der Waals surface area contributed by atoms with E-state index in [0.717, 1.165) is 53.5 Å². The molecule has 0 atom stereocenters. The Hall–Kier alpha value is -5.76. The molecule has 0 saturated carbocycles. The summed E-state index contributed by atoms with van der Waals surface area (Å²) >= 11 is 9.90. The number of amides is 2. The number of carbonyl (C=O) groups is 2. The maximum absolute atomic E-state index is 12.5. The van der Waals surface area contributed by atoms with Gasteiger partial charge in [-0.2, -0.15) is 0 Å². The molecule has 3 N–H and O–H groups in total. The molecule has 87 heavy (non-hydrogen) atoms. The first-order valence-electron chi connectivity index (χ1n) is 26.6. The van der Waals surface area contributed by atoms with Crippen molar-refractivity contribution in [3.8, 4) is 11.1 Å². The lowest BCUT2D eigenvalue weighted by Gasteiger charge is -2.32. The Morgan fingerprint density at radius 3 is 1.45 bits per heavy atom. The summed E-state index contributed by atoms with van der Waals surface area (Å²) in [4.78, 5) is 48.1. The number of anilines is 2. The summed E-state index contributed by atoms with van der Waals surface area (Å²) in [6.45, 7) is 10.9. The predicted molar refractivity (Wildman–Crippen MR) is 355 cm³/mol. The minimum absolute atomic E-state index is 0.154. The second kappa shape index (κ2) is 29.7. The number of aromatic nitrogens is 6. The molecule has 21 nitrogen and oxygen atoms in total. The number of nitrogens with zero attached hydrogens (tertiary/aromatic N) is 8. The molecule has 29 heteroatoms. The third kappa shape index (κ3) is 18.2. The number of allylic oxidation sites excluding steroid dienone is 4. The maximum Gasteiger partial charge on any atom is 0.495 e. The average molecular weight is 1460 g/mol. The van der Waals surface area contributed by atoms with E-state index in [1.807, 2.05) is 60.1 Å². The Morgan fingerprint density at radius 1 is 0.563 bits per heavy atom. The molecule has 5 aliphatic rings. The molecule has 0 spiro atoms. The molecule has 7 heterocycles. The van der Waals surface area contributed by atoms with Crippen molar-refractivity contribution in [2.24, 2.45) is 0 Å². The van der Waals surface area contributed by atoms with Crippen LogP contribution in [0.5, 0.6) is 0 Å². The summed E-state index contributed by atoms with van der Waals surface area (Å²) in [7, 11) is 4.10. The summed E-state index contributed by atoms with van der Waals surface area (Å²) in [5, 5.41) is 8.03. The highest BCUT2D eigenvalue weighted by molar-refractivity contribution is 9.11. The van der Waals surface area contributed by atoms with Gasteiger partial charge >= 0.3 is 7.12 Å². The second-order valence-electron chi connectivity index (χ2n) is 21.0. The highest BCUT2D eigenvalue weighted by atomic mass is 79.9. The Balaban J connectivity index is 0.000000176. The van der Waals surface area contributed by atoms with Gasteiger partial charge in [0.2, 0.25) is 31.9 Å². The van der Waals surface area contributed by atoms with E-state index in [-0.39, 0.29) is 32.8 Å². The monoisotopic (exact) mass is 1460 g/mol. The molecule has 0 unspecified atom stereocenters. The van der Waals surface area contributed by atoms with Gasteiger partial charge in [-0.15, -0.1) is 0 Å². The van der Waals surface area contributed by atoms with E-state index < -0.39 is 36.2 Å². The van der Waals surface area contributed by atoms with Crippen LogP contribution < -0.4 is 21.4 Å². The van der Waals surface area contributed by atoms with E-state index in [4.69, 9.17) is 20.0 Å². The van der Waals surface area contributed by atoms with Crippen LogP contribution in [0.1, 0.15) is 86.6 Å². The fraction of sp³-hybridized carbons (Fsp3) is 0.310. The number of hydrogen-bond acceptors (Lipinski definition) is 17. The van der Waals surface area contributed by atoms with Crippen LogP contribution in [0.25, 0.3) is 31.9 Å². The van der Waals surface area contributed by atoms with E-state index in [1.54, 1.807) is 79.5 Å². The first-order valence-corrected chi connectivity index (χ1v) is 34.2. The van der Waals surface area contributed by atoms with Crippen LogP contribution in [0.15, 0.2) is 123 Å². The fourth-order valence-electron chi connectivity index (χ4n) is 8.50. The number of rotatable bonds is 9. The van der Waals surface area contributed by atoms with Crippen molar-refractivity contribution in [2.75, 3.05) is 52.9 Å². The van der Waals surface area contributed by atoms with Crippen LogP contribution in [0.4, 0.5) is 11.6 Å². The SMILES string of the molecule is Brc1cnc2c(c1)C=CC2.CC(=O)Nc1cc(-c2cnc3c(c2)C(S(=O)(=O)N(C)C)=CC3)ccn1.CC(=O)Nc1cc(B2OC(C)(C)C(C)(C)O2)ccn1.CN(C)S(=O)(=O)C1=CCc2ncc(Br)cc21.CNC.O=S(=O)(Cl)C1=CCc2ncc(Br)cc21. The molecule has 462 valence electrons. The van der Waals surface area contributed by atoms with Crippen molar-refractivity contribution >= 4 is 144 Å². The Kier molecular flexibility index (Phi) is 24.0. The van der Waals surface area contributed by atoms with Crippen molar-refractivity contribution in [2.45, 2.75) is 78.4 Å². The van der Waals surface area contributed by atoms with Crippen LogP contribution in [0.3, 0.4) is 0 Å². The number of nitrogens with one attached hydrogen (secondary N) is 3. The molecule has 0 aromatic carbocycles. The van der Waals surface area contributed by atoms with Crippen LogP contribution in [0, 0.1) is 0 Å². The number of halogens is 4. The smallest absolute Gasteiger partial charge is 0.399 e. The minimum Gasteiger partial charge on any atom is -0.399 e. The Morgan fingerprint density at radius 2 is 0.977 bits per heavy atom. The normalized spacial score (nSPS) is 15.3. The lowest BCUT2D eigenvalue weighted by molar-refractivity contribution is -0.115. The Bertz CT molecular complexity index is 4040. The third-order valence-corrected chi connectivity index (χ3v) is 20.0. The van der Waals surface area contributed by atoms with E-state index in [0.29, 0.717) is 52.5 Å². The van der Waals surface area contributed by atoms with Gasteiger partial charge in [0, 0.05) is 151 Å². The third-order valence-electron chi connectivity index (χ3n) is 13.5. The van der Waals surface area contributed by atoms with Crippen LogP contribution in [-0.2, 0) is 73.7 Å². The number of hydrogen-bond donors (Lipinski definition) is 3. The highest BCUT2D eigenvalue weighted by Crippen LogP contribution is 2.38. The highest BCUT2D eigenvalue weighted by Gasteiger charge is 2.51. The van der Waals surface area contributed by atoms with Crippen molar-refractivity contribution in [1.29, 1.82) is 0 Å². The molecular weight excluding hydrogens is 1390 g/mol. The van der Waals surface area contributed by atoms with E-state index >= 15 is 0 Å². The first-order chi connectivity index (χ1) is 40.7. The number of carbonyl (C=O) groups excluding carboxylic acids is 2. The zero-order chi connectivity index (χ0) is 64.4. The van der Waals surface area contributed by atoms with Gasteiger partial charge in [0.1, 0.15) is 11.6 Å². The van der Waals surface area contributed by atoms with E-state index in [9.17, 15) is 34.8 Å². The zero-order valence-electron chi connectivity index (χ0n) is 49.8. The number of sulfonamides is 2. The summed E-state index contributed by atoms with van der Waals surface area (Å²) in [5.74, 6) is 0.569.